The normalized spacial score (nSPS) is 13.3. The van der Waals surface area contributed by atoms with E-state index >= 15 is 0 Å². The molecule has 3 aromatic carbocycles. The van der Waals surface area contributed by atoms with E-state index in [0.29, 0.717) is 76.3 Å². The van der Waals surface area contributed by atoms with Gasteiger partial charge in [-0.05, 0) is 53.6 Å². The number of rotatable bonds is 7. The topological polar surface area (TPSA) is 161 Å². The molecule has 1 amide bonds. The van der Waals surface area contributed by atoms with Gasteiger partial charge in [0, 0.05) is 47.1 Å². The summed E-state index contributed by atoms with van der Waals surface area (Å²) in [6.07, 6.45) is 1.50. The number of carbonyl (C=O) groups is 1. The number of hydrogen-bond donors (Lipinski definition) is 2. The first-order chi connectivity index (χ1) is 21.8. The highest BCUT2D eigenvalue weighted by molar-refractivity contribution is 7.92. The molecule has 0 bridgehead atoms. The summed E-state index contributed by atoms with van der Waals surface area (Å²) in [5, 5.41) is 10.8. The molecule has 3 heterocycles. The van der Waals surface area contributed by atoms with Crippen molar-refractivity contribution >= 4 is 38.3 Å². The van der Waals surface area contributed by atoms with E-state index in [0.717, 1.165) is 0 Å². The van der Waals surface area contributed by atoms with E-state index < -0.39 is 10.0 Å². The van der Waals surface area contributed by atoms with Gasteiger partial charge in [-0.3, -0.25) is 9.52 Å². The van der Waals surface area contributed by atoms with Crippen molar-refractivity contribution in [1.29, 1.82) is 5.26 Å². The Balaban J connectivity index is 1.39. The van der Waals surface area contributed by atoms with Crippen LogP contribution in [0.4, 0.5) is 11.5 Å². The number of nitrogens with two attached hydrogens (primary N) is 1. The predicted octanol–water partition coefficient (Wildman–Crippen LogP) is 4.70. The summed E-state index contributed by atoms with van der Waals surface area (Å²) >= 11 is 0. The van der Waals surface area contributed by atoms with E-state index in [4.69, 9.17) is 15.2 Å². The summed E-state index contributed by atoms with van der Waals surface area (Å²) < 4.78 is 39.9. The Morgan fingerprint density at radius 3 is 2.40 bits per heavy atom. The van der Waals surface area contributed by atoms with Gasteiger partial charge in [0.2, 0.25) is 5.88 Å². The first-order valence-corrected chi connectivity index (χ1v) is 15.5. The van der Waals surface area contributed by atoms with Gasteiger partial charge in [0.05, 0.1) is 31.4 Å². The second-order valence-electron chi connectivity index (χ2n) is 10.3. The fourth-order valence-corrected chi connectivity index (χ4v) is 6.46. The second-order valence-corrected chi connectivity index (χ2v) is 11.9. The summed E-state index contributed by atoms with van der Waals surface area (Å²) in [5.74, 6) is 0.0200. The largest absolute Gasteiger partial charge is 0.480 e. The van der Waals surface area contributed by atoms with Crippen molar-refractivity contribution < 1.29 is 22.7 Å². The number of para-hydroxylation sites is 1. The molecule has 0 unspecified atom stereocenters. The van der Waals surface area contributed by atoms with Crippen molar-refractivity contribution in [2.45, 2.75) is 4.90 Å². The zero-order chi connectivity index (χ0) is 31.6. The Morgan fingerprint density at radius 2 is 1.71 bits per heavy atom. The van der Waals surface area contributed by atoms with Crippen LogP contribution in [-0.4, -0.2) is 62.6 Å². The van der Waals surface area contributed by atoms with Crippen molar-refractivity contribution in [2.24, 2.45) is 0 Å². The lowest BCUT2D eigenvalue weighted by Gasteiger charge is -2.26. The van der Waals surface area contributed by atoms with Crippen LogP contribution in [0.2, 0.25) is 0 Å². The minimum Gasteiger partial charge on any atom is -0.480 e. The molecule has 1 aliphatic heterocycles. The van der Waals surface area contributed by atoms with Gasteiger partial charge in [-0.2, -0.15) is 5.26 Å². The van der Waals surface area contributed by atoms with Crippen molar-refractivity contribution in [3.63, 3.8) is 0 Å². The number of benzene rings is 3. The van der Waals surface area contributed by atoms with E-state index in [-0.39, 0.29) is 22.5 Å². The average Bonchev–Trinajstić information content (AvgIpc) is 3.07. The molecular weight excluding hydrogens is 592 g/mol. The minimum atomic E-state index is -4.06. The van der Waals surface area contributed by atoms with Gasteiger partial charge in [0.1, 0.15) is 16.8 Å². The molecule has 45 heavy (non-hydrogen) atoms. The van der Waals surface area contributed by atoms with E-state index in [1.165, 1.54) is 19.4 Å². The quantitative estimate of drug-likeness (QED) is 0.263. The van der Waals surface area contributed by atoms with Crippen LogP contribution >= 0.6 is 0 Å². The van der Waals surface area contributed by atoms with Crippen molar-refractivity contribution in [1.82, 2.24) is 14.9 Å². The molecule has 0 radical (unpaired) electrons. The summed E-state index contributed by atoms with van der Waals surface area (Å²) in [5.41, 5.74) is 10.2. The van der Waals surface area contributed by atoms with Crippen LogP contribution in [0.1, 0.15) is 15.9 Å². The third-order valence-corrected chi connectivity index (χ3v) is 8.88. The number of hydrogen-bond acceptors (Lipinski definition) is 9. The number of fused-ring (bicyclic) bond motifs is 1. The van der Waals surface area contributed by atoms with Crippen LogP contribution in [-0.2, 0) is 14.8 Å². The van der Waals surface area contributed by atoms with Crippen LogP contribution < -0.4 is 15.2 Å². The molecule has 5 aromatic rings. The standard InChI is InChI=1S/C33H28N6O5S/c1-43-32-29(45(41,42)38-25-5-3-2-4-6-25)18-24(20-36-32)23-11-12-28-26(17-23)27(19-34)30(31(35)37-28)21-7-9-22(10-8-21)33(40)39-13-15-44-16-14-39/h2-12,17-18,20,38H,13-16H2,1H3,(H2,35,37). The lowest BCUT2D eigenvalue weighted by molar-refractivity contribution is 0.0303. The van der Waals surface area contributed by atoms with Crippen LogP contribution in [0.5, 0.6) is 5.88 Å². The van der Waals surface area contributed by atoms with Crippen LogP contribution in [0.25, 0.3) is 33.2 Å². The molecule has 11 nitrogen and oxygen atoms in total. The number of aromatic nitrogens is 2. The molecule has 1 fully saturated rings. The number of sulfonamides is 1. The number of amides is 1. The molecule has 1 saturated heterocycles. The van der Waals surface area contributed by atoms with Gasteiger partial charge in [-0.25, -0.2) is 18.4 Å². The SMILES string of the molecule is COc1ncc(-c2ccc3nc(N)c(-c4ccc(C(=O)N5CCOCC5)cc4)c(C#N)c3c2)cc1S(=O)(=O)Nc1ccccc1. The minimum absolute atomic E-state index is 0.0621. The van der Waals surface area contributed by atoms with Crippen LogP contribution in [0.3, 0.4) is 0 Å². The van der Waals surface area contributed by atoms with Crippen LogP contribution in [0.15, 0.2) is 90.0 Å². The van der Waals surface area contributed by atoms with E-state index in [2.05, 4.69) is 20.8 Å². The molecular formula is C33H28N6O5S. The highest BCUT2D eigenvalue weighted by Crippen LogP contribution is 2.36. The van der Waals surface area contributed by atoms with Gasteiger partial charge in [0.15, 0.2) is 0 Å². The van der Waals surface area contributed by atoms with Gasteiger partial charge in [-0.1, -0.05) is 36.4 Å². The molecule has 0 spiro atoms. The number of nitrogens with zero attached hydrogens (tertiary/aromatic N) is 4. The van der Waals surface area contributed by atoms with Gasteiger partial charge >= 0.3 is 0 Å². The highest BCUT2D eigenvalue weighted by atomic mass is 32.2. The first kappa shape index (κ1) is 29.6. The van der Waals surface area contributed by atoms with E-state index in [1.807, 2.05) is 0 Å². The lowest BCUT2D eigenvalue weighted by Crippen LogP contribution is -2.40. The first-order valence-electron chi connectivity index (χ1n) is 14.0. The number of nitrogens with one attached hydrogen (secondary N) is 1. The van der Waals surface area contributed by atoms with Crippen molar-refractivity contribution in [3.05, 3.63) is 96.2 Å². The van der Waals surface area contributed by atoms with Gasteiger partial charge in [0.25, 0.3) is 15.9 Å². The van der Waals surface area contributed by atoms with Gasteiger partial charge < -0.3 is 20.1 Å². The number of methoxy groups -OCH3 is 1. The maximum absolute atomic E-state index is 13.3. The number of nitriles is 1. The number of carbonyl (C=O) groups excluding carboxylic acids is 1. The second kappa shape index (κ2) is 12.2. The lowest BCUT2D eigenvalue weighted by atomic mass is 9.94. The Labute approximate surface area is 259 Å². The third kappa shape index (κ3) is 5.86. The maximum Gasteiger partial charge on any atom is 0.267 e. The maximum atomic E-state index is 13.3. The molecule has 0 atom stereocenters. The molecule has 3 N–H and O–H groups in total. The Hall–Kier alpha value is -5.51. The van der Waals surface area contributed by atoms with Crippen molar-refractivity contribution in [2.75, 3.05) is 43.9 Å². The third-order valence-electron chi connectivity index (χ3n) is 7.50. The summed E-state index contributed by atoms with van der Waals surface area (Å²) in [6, 6.07) is 24.4. The van der Waals surface area contributed by atoms with Gasteiger partial charge in [-0.15, -0.1) is 0 Å². The average molecular weight is 621 g/mol. The predicted molar refractivity (Wildman–Crippen MR) is 170 cm³/mol. The van der Waals surface area contributed by atoms with Crippen molar-refractivity contribution in [3.8, 4) is 34.2 Å². The molecule has 0 aliphatic carbocycles. The summed E-state index contributed by atoms with van der Waals surface area (Å²) in [4.78, 5) is 23.3. The summed E-state index contributed by atoms with van der Waals surface area (Å²) in [7, 11) is -2.71. The Kier molecular flexibility index (Phi) is 8.04. The monoisotopic (exact) mass is 620 g/mol. The molecule has 1 aliphatic rings. The van der Waals surface area contributed by atoms with E-state index in [9.17, 15) is 18.5 Å². The zero-order valence-corrected chi connectivity index (χ0v) is 25.0. The number of nitrogen functional groups attached to an aromatic ring is 1. The number of pyridine rings is 2. The molecule has 226 valence electrons. The van der Waals surface area contributed by atoms with Crippen LogP contribution in [0, 0.1) is 11.3 Å². The Morgan fingerprint density at radius 1 is 1.00 bits per heavy atom. The zero-order valence-electron chi connectivity index (χ0n) is 24.2. The molecule has 2 aromatic heterocycles. The number of morpholine rings is 1. The molecule has 6 rings (SSSR count). The smallest absolute Gasteiger partial charge is 0.267 e. The van der Waals surface area contributed by atoms with E-state index in [1.54, 1.807) is 77.7 Å². The number of anilines is 2. The molecule has 0 saturated carbocycles. The highest BCUT2D eigenvalue weighted by Gasteiger charge is 2.23. The fraction of sp³-hybridized carbons (Fsp3) is 0.152. The molecule has 12 heteroatoms. The summed E-state index contributed by atoms with van der Waals surface area (Å²) in [6.45, 7) is 2.07. The number of ether oxygens (including phenoxy) is 2. The fourth-order valence-electron chi connectivity index (χ4n) is 5.25. The Bertz CT molecular complexity index is 2060.